The Morgan fingerprint density at radius 3 is 2.42 bits per heavy atom. The number of hydrogen-bond acceptors (Lipinski definition) is 4. The molecule has 0 N–H and O–H groups in total. The zero-order chi connectivity index (χ0) is 13.7. The monoisotopic (exact) mass is 264 g/mol. The molecule has 0 spiro atoms. The van der Waals surface area contributed by atoms with Gasteiger partial charge in [0.1, 0.15) is 5.54 Å². The fraction of sp³-hybridized carbons (Fsp3) is 0.933. The Balaban J connectivity index is 2.00. The van der Waals surface area contributed by atoms with E-state index in [9.17, 15) is 5.26 Å². The summed E-state index contributed by atoms with van der Waals surface area (Å²) in [6, 6.07) is 2.69. The third kappa shape index (κ3) is 3.47. The Hall–Kier alpha value is -0.630. The van der Waals surface area contributed by atoms with E-state index in [4.69, 9.17) is 0 Å². The van der Waals surface area contributed by atoms with E-state index in [-0.39, 0.29) is 5.54 Å². The molecular formula is C15H28N4. The zero-order valence-electron chi connectivity index (χ0n) is 12.6. The second-order valence-electron chi connectivity index (χ2n) is 6.13. The van der Waals surface area contributed by atoms with Gasteiger partial charge in [0.15, 0.2) is 0 Å². The van der Waals surface area contributed by atoms with E-state index in [1.165, 1.54) is 25.9 Å². The van der Waals surface area contributed by atoms with Gasteiger partial charge in [-0.3, -0.25) is 4.90 Å². The first kappa shape index (κ1) is 14.8. The van der Waals surface area contributed by atoms with E-state index in [2.05, 4.69) is 34.7 Å². The van der Waals surface area contributed by atoms with Crippen molar-refractivity contribution in [2.24, 2.45) is 0 Å². The van der Waals surface area contributed by atoms with Gasteiger partial charge in [-0.2, -0.15) is 5.26 Å². The maximum atomic E-state index is 9.78. The summed E-state index contributed by atoms with van der Waals surface area (Å²) in [5.74, 6) is 0. The van der Waals surface area contributed by atoms with E-state index >= 15 is 0 Å². The predicted octanol–water partition coefficient (Wildman–Crippen LogP) is 1.39. The number of hydrogen-bond donors (Lipinski definition) is 0. The van der Waals surface area contributed by atoms with Crippen molar-refractivity contribution < 1.29 is 0 Å². The van der Waals surface area contributed by atoms with E-state index in [0.717, 1.165) is 45.6 Å². The molecule has 0 aliphatic carbocycles. The van der Waals surface area contributed by atoms with Crippen molar-refractivity contribution in [2.45, 2.75) is 38.1 Å². The fourth-order valence-electron chi connectivity index (χ4n) is 3.45. The van der Waals surface area contributed by atoms with Crippen LogP contribution in [0.15, 0.2) is 0 Å². The van der Waals surface area contributed by atoms with Gasteiger partial charge >= 0.3 is 0 Å². The molecule has 2 saturated heterocycles. The lowest BCUT2D eigenvalue weighted by molar-refractivity contribution is 0.0638. The average molecular weight is 264 g/mol. The Bertz CT molecular complexity index is 317. The molecule has 0 aromatic rings. The SMILES string of the molecule is CCCN1CCCC(C#N)(N2CCN(C)CC2)CC1. The molecule has 2 rings (SSSR count). The summed E-state index contributed by atoms with van der Waals surface area (Å²) in [5.41, 5.74) is -0.191. The molecule has 0 radical (unpaired) electrons. The molecule has 0 aromatic carbocycles. The first-order chi connectivity index (χ1) is 9.20. The minimum Gasteiger partial charge on any atom is -0.304 e. The molecule has 0 saturated carbocycles. The lowest BCUT2D eigenvalue weighted by atomic mass is 9.89. The van der Waals surface area contributed by atoms with Crippen molar-refractivity contribution in [3.63, 3.8) is 0 Å². The summed E-state index contributed by atoms with van der Waals surface area (Å²) >= 11 is 0. The Kier molecular flexibility index (Phi) is 5.20. The standard InChI is InChI=1S/C15H28N4/c1-3-7-18-8-4-5-15(14-16,6-9-18)19-12-10-17(2)11-13-19/h3-13H2,1-2H3. The van der Waals surface area contributed by atoms with Crippen LogP contribution in [0.3, 0.4) is 0 Å². The van der Waals surface area contributed by atoms with Crippen LogP contribution in [0.4, 0.5) is 0 Å². The number of nitriles is 1. The molecule has 19 heavy (non-hydrogen) atoms. The van der Waals surface area contributed by atoms with Gasteiger partial charge in [-0.25, -0.2) is 0 Å². The molecule has 1 atom stereocenters. The maximum Gasteiger partial charge on any atom is 0.110 e. The van der Waals surface area contributed by atoms with Crippen molar-refractivity contribution in [3.05, 3.63) is 0 Å². The molecule has 2 aliphatic heterocycles. The van der Waals surface area contributed by atoms with Gasteiger partial charge in [0.05, 0.1) is 6.07 Å². The van der Waals surface area contributed by atoms with Gasteiger partial charge < -0.3 is 9.80 Å². The highest BCUT2D eigenvalue weighted by Crippen LogP contribution is 2.29. The first-order valence-electron chi connectivity index (χ1n) is 7.77. The lowest BCUT2D eigenvalue weighted by Gasteiger charge is -2.43. The van der Waals surface area contributed by atoms with Crippen molar-refractivity contribution >= 4 is 0 Å². The van der Waals surface area contributed by atoms with Crippen LogP contribution in [0.5, 0.6) is 0 Å². The van der Waals surface area contributed by atoms with Gasteiger partial charge in [-0.05, 0) is 45.8 Å². The maximum absolute atomic E-state index is 9.78. The van der Waals surface area contributed by atoms with E-state index in [1.54, 1.807) is 0 Å². The van der Waals surface area contributed by atoms with Crippen molar-refractivity contribution in [1.82, 2.24) is 14.7 Å². The molecule has 2 fully saturated rings. The van der Waals surface area contributed by atoms with E-state index in [0.29, 0.717) is 0 Å². The summed E-state index contributed by atoms with van der Waals surface area (Å²) in [4.78, 5) is 7.36. The van der Waals surface area contributed by atoms with Crippen LogP contribution in [-0.2, 0) is 0 Å². The second kappa shape index (κ2) is 6.69. The van der Waals surface area contributed by atoms with Crippen LogP contribution in [0.25, 0.3) is 0 Å². The van der Waals surface area contributed by atoms with Crippen LogP contribution in [0.2, 0.25) is 0 Å². The van der Waals surface area contributed by atoms with E-state index in [1.807, 2.05) is 0 Å². The van der Waals surface area contributed by atoms with Crippen molar-refractivity contribution in [2.75, 3.05) is 52.9 Å². The summed E-state index contributed by atoms with van der Waals surface area (Å²) in [6.45, 7) is 9.99. The first-order valence-corrected chi connectivity index (χ1v) is 7.77. The Labute approximate surface area is 118 Å². The van der Waals surface area contributed by atoms with Crippen molar-refractivity contribution in [1.29, 1.82) is 5.26 Å². The van der Waals surface area contributed by atoms with Crippen LogP contribution in [0, 0.1) is 11.3 Å². The number of nitrogens with zero attached hydrogens (tertiary/aromatic N) is 4. The smallest absolute Gasteiger partial charge is 0.110 e. The van der Waals surface area contributed by atoms with Crippen molar-refractivity contribution in [3.8, 4) is 6.07 Å². The molecule has 2 aliphatic rings. The van der Waals surface area contributed by atoms with Gasteiger partial charge in [0, 0.05) is 32.7 Å². The minimum atomic E-state index is -0.191. The highest BCUT2D eigenvalue weighted by atomic mass is 15.3. The van der Waals surface area contributed by atoms with Gasteiger partial charge in [-0.15, -0.1) is 0 Å². The average Bonchev–Trinajstić information content (AvgIpc) is 2.64. The highest BCUT2D eigenvalue weighted by molar-refractivity contribution is 5.10. The normalized spacial score (nSPS) is 31.8. The largest absolute Gasteiger partial charge is 0.304 e. The predicted molar refractivity (Wildman–Crippen MR) is 78.0 cm³/mol. The molecule has 1 unspecified atom stereocenters. The third-order valence-corrected chi connectivity index (χ3v) is 4.76. The Morgan fingerprint density at radius 2 is 1.79 bits per heavy atom. The summed E-state index contributed by atoms with van der Waals surface area (Å²) in [7, 11) is 2.17. The van der Waals surface area contributed by atoms with Gasteiger partial charge in [-0.1, -0.05) is 6.92 Å². The van der Waals surface area contributed by atoms with Crippen LogP contribution in [0.1, 0.15) is 32.6 Å². The van der Waals surface area contributed by atoms with Gasteiger partial charge in [0.2, 0.25) is 0 Å². The number of piperazine rings is 1. The molecule has 2 heterocycles. The van der Waals surface area contributed by atoms with E-state index < -0.39 is 0 Å². The molecule has 108 valence electrons. The van der Waals surface area contributed by atoms with Gasteiger partial charge in [0.25, 0.3) is 0 Å². The molecule has 4 heteroatoms. The number of likely N-dealkylation sites (tertiary alicyclic amines) is 1. The lowest BCUT2D eigenvalue weighted by Crippen LogP contribution is -2.56. The topological polar surface area (TPSA) is 33.5 Å². The van der Waals surface area contributed by atoms with Crippen LogP contribution < -0.4 is 0 Å². The minimum absolute atomic E-state index is 0.191. The number of likely N-dealkylation sites (N-methyl/N-ethyl adjacent to an activating group) is 1. The molecule has 0 aromatic heterocycles. The second-order valence-corrected chi connectivity index (χ2v) is 6.13. The summed E-state index contributed by atoms with van der Waals surface area (Å²) in [5, 5.41) is 9.78. The molecule has 0 bridgehead atoms. The summed E-state index contributed by atoms with van der Waals surface area (Å²) < 4.78 is 0. The van der Waals surface area contributed by atoms with Crippen LogP contribution >= 0.6 is 0 Å². The molecule has 0 amide bonds. The fourth-order valence-corrected chi connectivity index (χ4v) is 3.45. The summed E-state index contributed by atoms with van der Waals surface area (Å²) in [6.07, 6.45) is 4.45. The van der Waals surface area contributed by atoms with Crippen LogP contribution in [-0.4, -0.2) is 73.1 Å². The zero-order valence-corrected chi connectivity index (χ0v) is 12.6. The Morgan fingerprint density at radius 1 is 1.05 bits per heavy atom. The molecule has 4 nitrogen and oxygen atoms in total. The third-order valence-electron chi connectivity index (χ3n) is 4.76. The highest BCUT2D eigenvalue weighted by Gasteiger charge is 2.39. The number of rotatable bonds is 3. The molecular weight excluding hydrogens is 236 g/mol. The quantitative estimate of drug-likeness (QED) is 0.771.